The number of anilines is 1. The summed E-state index contributed by atoms with van der Waals surface area (Å²) in [5.41, 5.74) is 3.59. The van der Waals surface area contributed by atoms with E-state index in [4.69, 9.17) is 11.6 Å². The minimum atomic E-state index is -0.0329. The van der Waals surface area contributed by atoms with Crippen LogP contribution in [0.4, 0.5) is 5.69 Å². The van der Waals surface area contributed by atoms with Gasteiger partial charge in [0.1, 0.15) is 0 Å². The van der Waals surface area contributed by atoms with Crippen molar-refractivity contribution in [2.45, 2.75) is 25.9 Å². The summed E-state index contributed by atoms with van der Waals surface area (Å²) >= 11 is 6.19. The van der Waals surface area contributed by atoms with Crippen LogP contribution in [0.5, 0.6) is 0 Å². The number of aliphatic hydroxyl groups excluding tert-OH is 1. The fraction of sp³-hybridized carbons (Fsp3) is 0.278. The molecule has 0 spiro atoms. The molecule has 3 nitrogen and oxygen atoms in total. The van der Waals surface area contributed by atoms with Crippen LogP contribution in [0.3, 0.4) is 0 Å². The van der Waals surface area contributed by atoms with Gasteiger partial charge in [-0.3, -0.25) is 4.79 Å². The van der Waals surface area contributed by atoms with Gasteiger partial charge in [-0.1, -0.05) is 41.9 Å². The molecule has 0 radical (unpaired) electrons. The molecular formula is C18H18ClNO2. The van der Waals surface area contributed by atoms with Crippen molar-refractivity contribution in [2.24, 2.45) is 5.92 Å². The molecule has 2 aromatic carbocycles. The van der Waals surface area contributed by atoms with Gasteiger partial charge in [0.15, 0.2) is 0 Å². The second-order valence-corrected chi connectivity index (χ2v) is 6.17. The first-order valence-corrected chi connectivity index (χ1v) is 7.73. The third-order valence-electron chi connectivity index (χ3n) is 4.17. The maximum absolute atomic E-state index is 12.4. The highest BCUT2D eigenvalue weighted by atomic mass is 35.5. The molecule has 3 rings (SSSR count). The van der Waals surface area contributed by atoms with Crippen LogP contribution in [0.1, 0.15) is 29.0 Å². The third-order valence-corrected chi connectivity index (χ3v) is 4.52. The van der Waals surface area contributed by atoms with Gasteiger partial charge in [-0.25, -0.2) is 0 Å². The number of hydrogen-bond acceptors (Lipinski definition) is 2. The first-order valence-electron chi connectivity index (χ1n) is 7.36. The largest absolute Gasteiger partial charge is 0.392 e. The van der Waals surface area contributed by atoms with Gasteiger partial charge >= 0.3 is 0 Å². The van der Waals surface area contributed by atoms with Crippen molar-refractivity contribution in [1.29, 1.82) is 0 Å². The zero-order chi connectivity index (χ0) is 15.7. The normalized spacial score (nSPS) is 19.8. The van der Waals surface area contributed by atoms with Crippen LogP contribution in [0.15, 0.2) is 42.5 Å². The van der Waals surface area contributed by atoms with Gasteiger partial charge in [0.25, 0.3) is 0 Å². The average Bonchev–Trinajstić information content (AvgIpc) is 3.30. The Kier molecular flexibility index (Phi) is 4.19. The highest BCUT2D eigenvalue weighted by Crippen LogP contribution is 2.50. The first-order chi connectivity index (χ1) is 10.6. The number of hydrogen-bond donors (Lipinski definition) is 2. The van der Waals surface area contributed by atoms with Gasteiger partial charge in [0.05, 0.1) is 6.61 Å². The standard InChI is InChI=1S/C18H18ClNO2/c1-11-6-7-12(10-21)8-17(11)20-18(22)15-9-14(15)13-4-2-3-5-16(13)19/h2-8,14-15,21H,9-10H2,1H3,(H,20,22). The van der Waals surface area contributed by atoms with Gasteiger partial charge in [0.2, 0.25) is 5.91 Å². The highest BCUT2D eigenvalue weighted by Gasteiger charge is 2.44. The summed E-state index contributed by atoms with van der Waals surface area (Å²) < 4.78 is 0. The van der Waals surface area contributed by atoms with Crippen LogP contribution in [0.25, 0.3) is 0 Å². The molecule has 2 N–H and O–H groups in total. The molecule has 2 aromatic rings. The maximum atomic E-state index is 12.4. The number of carbonyl (C=O) groups excluding carboxylic acids is 1. The molecule has 2 atom stereocenters. The molecule has 1 aliphatic rings. The zero-order valence-electron chi connectivity index (χ0n) is 12.3. The van der Waals surface area contributed by atoms with E-state index in [-0.39, 0.29) is 24.3 Å². The van der Waals surface area contributed by atoms with Crippen LogP contribution >= 0.6 is 11.6 Å². The Bertz CT molecular complexity index is 714. The Hall–Kier alpha value is -1.84. The summed E-state index contributed by atoms with van der Waals surface area (Å²) in [6.07, 6.45) is 0.828. The second kappa shape index (κ2) is 6.11. The molecule has 0 bridgehead atoms. The van der Waals surface area contributed by atoms with Crippen molar-refractivity contribution in [3.05, 3.63) is 64.2 Å². The fourth-order valence-electron chi connectivity index (χ4n) is 2.73. The number of halogens is 1. The van der Waals surface area contributed by atoms with Crippen LogP contribution in [-0.4, -0.2) is 11.0 Å². The van der Waals surface area contributed by atoms with Crippen LogP contribution in [0, 0.1) is 12.8 Å². The number of aliphatic hydroxyl groups is 1. The number of nitrogens with one attached hydrogen (secondary N) is 1. The molecule has 0 heterocycles. The van der Waals surface area contributed by atoms with Gasteiger partial charge < -0.3 is 10.4 Å². The van der Waals surface area contributed by atoms with Crippen molar-refractivity contribution >= 4 is 23.2 Å². The molecule has 1 fully saturated rings. The number of aryl methyl sites for hydroxylation is 1. The van der Waals surface area contributed by atoms with Crippen LogP contribution in [-0.2, 0) is 11.4 Å². The van der Waals surface area contributed by atoms with Crippen molar-refractivity contribution < 1.29 is 9.90 Å². The summed E-state index contributed by atoms with van der Waals surface area (Å²) in [5.74, 6) is 0.190. The number of carbonyl (C=O) groups is 1. The topological polar surface area (TPSA) is 49.3 Å². The lowest BCUT2D eigenvalue weighted by molar-refractivity contribution is -0.117. The van der Waals surface area contributed by atoms with Crippen molar-refractivity contribution in [2.75, 3.05) is 5.32 Å². The van der Waals surface area contributed by atoms with E-state index in [2.05, 4.69) is 5.32 Å². The molecule has 2 unspecified atom stereocenters. The van der Waals surface area contributed by atoms with Crippen LogP contribution < -0.4 is 5.32 Å². The summed E-state index contributed by atoms with van der Waals surface area (Å²) in [6, 6.07) is 13.3. The van der Waals surface area contributed by atoms with E-state index in [1.807, 2.05) is 49.4 Å². The first kappa shape index (κ1) is 15.1. The average molecular weight is 316 g/mol. The Labute approximate surface area is 134 Å². The third kappa shape index (κ3) is 3.01. The molecular weight excluding hydrogens is 298 g/mol. The minimum Gasteiger partial charge on any atom is -0.392 e. The molecule has 1 saturated carbocycles. The molecule has 4 heteroatoms. The van der Waals surface area contributed by atoms with E-state index in [0.29, 0.717) is 0 Å². The molecule has 0 aliphatic heterocycles. The Morgan fingerprint density at radius 2 is 2.09 bits per heavy atom. The maximum Gasteiger partial charge on any atom is 0.228 e. The van der Waals surface area contributed by atoms with E-state index in [1.54, 1.807) is 0 Å². The van der Waals surface area contributed by atoms with E-state index in [0.717, 1.165) is 33.8 Å². The lowest BCUT2D eigenvalue weighted by atomic mass is 10.1. The summed E-state index contributed by atoms with van der Waals surface area (Å²) in [6.45, 7) is 1.91. The molecule has 0 saturated heterocycles. The summed E-state index contributed by atoms with van der Waals surface area (Å²) in [4.78, 5) is 12.4. The molecule has 1 amide bonds. The number of benzene rings is 2. The Morgan fingerprint density at radius 3 is 2.82 bits per heavy atom. The molecule has 22 heavy (non-hydrogen) atoms. The predicted octanol–water partition coefficient (Wildman–Crippen LogP) is 3.88. The predicted molar refractivity (Wildman–Crippen MR) is 88.0 cm³/mol. The van der Waals surface area contributed by atoms with Crippen molar-refractivity contribution in [3.63, 3.8) is 0 Å². The Morgan fingerprint density at radius 1 is 1.32 bits per heavy atom. The second-order valence-electron chi connectivity index (χ2n) is 5.77. The smallest absolute Gasteiger partial charge is 0.228 e. The summed E-state index contributed by atoms with van der Waals surface area (Å²) in [5, 5.41) is 12.9. The van der Waals surface area contributed by atoms with Crippen molar-refractivity contribution in [1.82, 2.24) is 0 Å². The quantitative estimate of drug-likeness (QED) is 0.899. The Balaban J connectivity index is 1.71. The number of rotatable bonds is 4. The van der Waals surface area contributed by atoms with Gasteiger partial charge in [-0.05, 0) is 48.1 Å². The van der Waals surface area contributed by atoms with E-state index < -0.39 is 0 Å². The van der Waals surface area contributed by atoms with Gasteiger partial charge in [-0.15, -0.1) is 0 Å². The SMILES string of the molecule is Cc1ccc(CO)cc1NC(=O)C1CC1c1ccccc1Cl. The lowest BCUT2D eigenvalue weighted by Crippen LogP contribution is -2.15. The summed E-state index contributed by atoms with van der Waals surface area (Å²) in [7, 11) is 0. The zero-order valence-corrected chi connectivity index (χ0v) is 13.1. The molecule has 0 aromatic heterocycles. The highest BCUT2D eigenvalue weighted by molar-refractivity contribution is 6.31. The molecule has 1 aliphatic carbocycles. The monoisotopic (exact) mass is 315 g/mol. The molecule has 114 valence electrons. The lowest BCUT2D eigenvalue weighted by Gasteiger charge is -2.10. The van der Waals surface area contributed by atoms with E-state index >= 15 is 0 Å². The van der Waals surface area contributed by atoms with E-state index in [9.17, 15) is 9.90 Å². The van der Waals surface area contributed by atoms with Crippen LogP contribution in [0.2, 0.25) is 5.02 Å². The number of amides is 1. The minimum absolute atomic E-state index is 0.0168. The van der Waals surface area contributed by atoms with Gasteiger partial charge in [0, 0.05) is 16.6 Å². The van der Waals surface area contributed by atoms with Gasteiger partial charge in [-0.2, -0.15) is 0 Å². The van der Waals surface area contributed by atoms with E-state index in [1.165, 1.54) is 0 Å². The van der Waals surface area contributed by atoms with Crippen molar-refractivity contribution in [3.8, 4) is 0 Å². The fourth-order valence-corrected chi connectivity index (χ4v) is 3.01.